The summed E-state index contributed by atoms with van der Waals surface area (Å²) in [5.41, 5.74) is 1.18. The van der Waals surface area contributed by atoms with Gasteiger partial charge in [-0.05, 0) is 25.6 Å². The monoisotopic (exact) mass is 347 g/mol. The first-order valence-corrected chi connectivity index (χ1v) is 9.16. The van der Waals surface area contributed by atoms with E-state index in [9.17, 15) is 9.90 Å². The molecule has 6 heteroatoms. The molecule has 2 aliphatic rings. The average Bonchev–Trinajstić information content (AvgIpc) is 3.03. The molecule has 6 nitrogen and oxygen atoms in total. The van der Waals surface area contributed by atoms with Gasteiger partial charge in [0.05, 0.1) is 25.2 Å². The highest BCUT2D eigenvalue weighted by Gasteiger charge is 2.37. The number of nitrogens with one attached hydrogen (secondary N) is 1. The molecule has 1 aromatic carbocycles. The normalized spacial score (nSPS) is 26.5. The summed E-state index contributed by atoms with van der Waals surface area (Å²) in [5, 5.41) is 13.2. The Kier molecular flexibility index (Phi) is 6.42. The molecular formula is C19H29N3O3. The smallest absolute Gasteiger partial charge is 0.225 e. The molecule has 0 saturated carbocycles. The fourth-order valence-corrected chi connectivity index (χ4v) is 3.85. The first kappa shape index (κ1) is 18.3. The number of likely N-dealkylation sites (tertiary alicyclic amines) is 1. The van der Waals surface area contributed by atoms with Gasteiger partial charge in [-0.25, -0.2) is 0 Å². The number of hydrogen-bond acceptors (Lipinski definition) is 5. The summed E-state index contributed by atoms with van der Waals surface area (Å²) >= 11 is 0. The molecule has 1 aromatic rings. The van der Waals surface area contributed by atoms with Crippen LogP contribution in [0.2, 0.25) is 0 Å². The molecule has 0 aliphatic carbocycles. The molecule has 0 radical (unpaired) electrons. The number of ether oxygens (including phenoxy) is 1. The quantitative estimate of drug-likeness (QED) is 0.784. The van der Waals surface area contributed by atoms with Crippen LogP contribution in [0.3, 0.4) is 0 Å². The van der Waals surface area contributed by atoms with Gasteiger partial charge in [0.25, 0.3) is 0 Å². The molecule has 0 bridgehead atoms. The molecule has 2 heterocycles. The van der Waals surface area contributed by atoms with Crippen molar-refractivity contribution in [3.63, 3.8) is 0 Å². The zero-order valence-corrected chi connectivity index (χ0v) is 14.9. The zero-order chi connectivity index (χ0) is 17.6. The van der Waals surface area contributed by atoms with E-state index in [4.69, 9.17) is 4.74 Å². The first-order chi connectivity index (χ1) is 12.1. The van der Waals surface area contributed by atoms with Crippen molar-refractivity contribution in [2.75, 3.05) is 53.0 Å². The molecule has 1 unspecified atom stereocenters. The van der Waals surface area contributed by atoms with Crippen LogP contribution in [0, 0.1) is 5.92 Å². The van der Waals surface area contributed by atoms with Gasteiger partial charge in [0, 0.05) is 32.2 Å². The Balaban J connectivity index is 1.51. The first-order valence-electron chi connectivity index (χ1n) is 9.16. The predicted molar refractivity (Wildman–Crippen MR) is 96.2 cm³/mol. The fraction of sp³-hybridized carbons (Fsp3) is 0.632. The van der Waals surface area contributed by atoms with E-state index in [2.05, 4.69) is 34.3 Å². The number of carbonyl (C=O) groups is 1. The lowest BCUT2D eigenvalue weighted by Crippen LogP contribution is -2.45. The van der Waals surface area contributed by atoms with Crippen molar-refractivity contribution >= 4 is 5.91 Å². The largest absolute Gasteiger partial charge is 0.390 e. The topological polar surface area (TPSA) is 65.0 Å². The van der Waals surface area contributed by atoms with Gasteiger partial charge < -0.3 is 15.2 Å². The Hall–Kier alpha value is -1.47. The highest BCUT2D eigenvalue weighted by Crippen LogP contribution is 2.36. The van der Waals surface area contributed by atoms with Crippen LogP contribution in [0.5, 0.6) is 0 Å². The summed E-state index contributed by atoms with van der Waals surface area (Å²) in [6.07, 6.45) is 0.304. The molecule has 3 atom stereocenters. The van der Waals surface area contributed by atoms with Crippen molar-refractivity contribution in [2.24, 2.45) is 5.92 Å². The van der Waals surface area contributed by atoms with Crippen molar-refractivity contribution in [2.45, 2.75) is 18.6 Å². The molecule has 25 heavy (non-hydrogen) atoms. The number of rotatable bonds is 6. The van der Waals surface area contributed by atoms with E-state index in [-0.39, 0.29) is 17.9 Å². The summed E-state index contributed by atoms with van der Waals surface area (Å²) in [5.74, 6) is -0.0257. The van der Waals surface area contributed by atoms with Crippen molar-refractivity contribution < 1.29 is 14.6 Å². The van der Waals surface area contributed by atoms with Gasteiger partial charge in [-0.1, -0.05) is 30.3 Å². The summed E-state index contributed by atoms with van der Waals surface area (Å²) < 4.78 is 5.31. The molecule has 2 fully saturated rings. The van der Waals surface area contributed by atoms with Gasteiger partial charge in [-0.3, -0.25) is 14.6 Å². The molecule has 2 N–H and O–H groups in total. The third-order valence-corrected chi connectivity index (χ3v) is 5.21. The van der Waals surface area contributed by atoms with Gasteiger partial charge in [-0.2, -0.15) is 0 Å². The Morgan fingerprint density at radius 3 is 2.72 bits per heavy atom. The average molecular weight is 347 g/mol. The van der Waals surface area contributed by atoms with Crippen LogP contribution in [0.1, 0.15) is 18.0 Å². The van der Waals surface area contributed by atoms with Crippen LogP contribution in [-0.4, -0.2) is 79.9 Å². The van der Waals surface area contributed by atoms with Crippen molar-refractivity contribution in [1.82, 2.24) is 15.1 Å². The molecule has 2 aliphatic heterocycles. The van der Waals surface area contributed by atoms with E-state index in [1.807, 2.05) is 18.2 Å². The summed E-state index contributed by atoms with van der Waals surface area (Å²) in [4.78, 5) is 17.1. The highest BCUT2D eigenvalue weighted by molar-refractivity contribution is 5.80. The van der Waals surface area contributed by atoms with Crippen LogP contribution >= 0.6 is 0 Å². The lowest BCUT2D eigenvalue weighted by Gasteiger charge is -2.29. The van der Waals surface area contributed by atoms with E-state index in [0.717, 1.165) is 26.1 Å². The number of β-amino-alcohol motifs (C(OH)–C–C–N with tert-alkyl or cyclic N) is 1. The van der Waals surface area contributed by atoms with Crippen LogP contribution in [0.25, 0.3) is 0 Å². The summed E-state index contributed by atoms with van der Waals surface area (Å²) in [7, 11) is 2.07. The van der Waals surface area contributed by atoms with Crippen LogP contribution < -0.4 is 5.32 Å². The summed E-state index contributed by atoms with van der Waals surface area (Å²) in [6.45, 7) is 4.91. The second kappa shape index (κ2) is 8.76. The number of aliphatic hydroxyl groups excluding tert-OH is 1. The highest BCUT2D eigenvalue weighted by atomic mass is 16.5. The van der Waals surface area contributed by atoms with E-state index in [0.29, 0.717) is 26.3 Å². The fourth-order valence-electron chi connectivity index (χ4n) is 3.85. The van der Waals surface area contributed by atoms with Crippen LogP contribution in [0.15, 0.2) is 30.3 Å². The molecule has 138 valence electrons. The summed E-state index contributed by atoms with van der Waals surface area (Å²) in [6, 6.07) is 10.3. The standard InChI is InChI=1S/C19H29N3O3/c1-21-8-7-17(18(21)15-5-3-2-4-6-15)19(24)20-13-16(23)14-22-9-11-25-12-10-22/h2-6,16-18,23H,7-14H2,1H3,(H,20,24)/t16?,17-,18-/m0/s1. The molecule has 2 saturated heterocycles. The molecule has 0 spiro atoms. The number of hydrogen-bond donors (Lipinski definition) is 2. The van der Waals surface area contributed by atoms with Crippen LogP contribution in [-0.2, 0) is 9.53 Å². The Morgan fingerprint density at radius 2 is 2.00 bits per heavy atom. The minimum absolute atomic E-state index is 0.0410. The zero-order valence-electron chi connectivity index (χ0n) is 14.9. The predicted octanol–water partition coefficient (Wildman–Crippen LogP) is 0.489. The van der Waals surface area contributed by atoms with Crippen molar-refractivity contribution in [3.8, 4) is 0 Å². The number of aliphatic hydroxyl groups is 1. The number of amides is 1. The minimum atomic E-state index is -0.545. The molecule has 0 aromatic heterocycles. The number of carbonyl (C=O) groups excluding carboxylic acids is 1. The number of nitrogens with zero attached hydrogens (tertiary/aromatic N) is 2. The number of morpholine rings is 1. The lowest BCUT2D eigenvalue weighted by atomic mass is 9.93. The number of benzene rings is 1. The van der Waals surface area contributed by atoms with E-state index in [1.165, 1.54) is 5.56 Å². The van der Waals surface area contributed by atoms with Gasteiger partial charge >= 0.3 is 0 Å². The van der Waals surface area contributed by atoms with Gasteiger partial charge in [0.2, 0.25) is 5.91 Å². The second-order valence-corrected chi connectivity index (χ2v) is 7.04. The van der Waals surface area contributed by atoms with Crippen LogP contribution in [0.4, 0.5) is 0 Å². The Labute approximate surface area is 149 Å². The maximum Gasteiger partial charge on any atom is 0.225 e. The van der Waals surface area contributed by atoms with E-state index < -0.39 is 6.10 Å². The Bertz CT molecular complexity index is 548. The maximum atomic E-state index is 12.7. The SMILES string of the molecule is CN1CC[C@H](C(=O)NCC(O)CN2CCOCC2)[C@@H]1c1ccccc1. The van der Waals surface area contributed by atoms with Gasteiger partial charge in [0.15, 0.2) is 0 Å². The Morgan fingerprint density at radius 1 is 1.28 bits per heavy atom. The minimum Gasteiger partial charge on any atom is -0.390 e. The molecular weight excluding hydrogens is 318 g/mol. The van der Waals surface area contributed by atoms with E-state index >= 15 is 0 Å². The third-order valence-electron chi connectivity index (χ3n) is 5.21. The third kappa shape index (κ3) is 4.79. The molecule has 3 rings (SSSR count). The van der Waals surface area contributed by atoms with E-state index in [1.54, 1.807) is 0 Å². The van der Waals surface area contributed by atoms with Gasteiger partial charge in [-0.15, -0.1) is 0 Å². The maximum absolute atomic E-state index is 12.7. The van der Waals surface area contributed by atoms with Gasteiger partial charge in [0.1, 0.15) is 0 Å². The van der Waals surface area contributed by atoms with Crippen molar-refractivity contribution in [3.05, 3.63) is 35.9 Å². The second-order valence-electron chi connectivity index (χ2n) is 7.04. The van der Waals surface area contributed by atoms with Crippen molar-refractivity contribution in [1.29, 1.82) is 0 Å². The molecule has 1 amide bonds. The lowest BCUT2D eigenvalue weighted by molar-refractivity contribution is -0.126.